The van der Waals surface area contributed by atoms with Crippen LogP contribution in [0.4, 0.5) is 0 Å². The van der Waals surface area contributed by atoms with Crippen molar-refractivity contribution < 1.29 is 0 Å². The minimum Gasteiger partial charge on any atom is -0.0654 e. The van der Waals surface area contributed by atoms with E-state index in [-0.39, 0.29) is 0 Å². The molecular formula is C24H52P+. The van der Waals surface area contributed by atoms with E-state index in [1.165, 1.54) is 64.2 Å². The van der Waals surface area contributed by atoms with Crippen molar-refractivity contribution >= 4 is 7.26 Å². The molecule has 0 bridgehead atoms. The van der Waals surface area contributed by atoms with Gasteiger partial charge in [0.05, 0.1) is 24.6 Å². The monoisotopic (exact) mass is 371 g/mol. The number of unbranched alkanes of at least 4 members (excludes halogenated alkanes) is 9. The molecular weight excluding hydrogens is 319 g/mol. The lowest BCUT2D eigenvalue weighted by Crippen LogP contribution is -2.20. The summed E-state index contributed by atoms with van der Waals surface area (Å²) in [5, 5.41) is 0. The number of hydrogen-bond acceptors (Lipinski definition) is 0. The van der Waals surface area contributed by atoms with E-state index in [0.717, 1.165) is 17.8 Å². The van der Waals surface area contributed by atoms with E-state index in [1.807, 2.05) is 0 Å². The van der Waals surface area contributed by atoms with Crippen molar-refractivity contribution in [3.05, 3.63) is 0 Å². The molecule has 152 valence electrons. The Kier molecular flexibility index (Phi) is 15.8. The van der Waals surface area contributed by atoms with Crippen molar-refractivity contribution in [2.24, 2.45) is 17.8 Å². The van der Waals surface area contributed by atoms with Crippen LogP contribution in [0.3, 0.4) is 0 Å². The van der Waals surface area contributed by atoms with Gasteiger partial charge in [-0.2, -0.15) is 0 Å². The zero-order valence-electron chi connectivity index (χ0n) is 19.1. The van der Waals surface area contributed by atoms with Crippen LogP contribution in [-0.4, -0.2) is 24.6 Å². The van der Waals surface area contributed by atoms with Gasteiger partial charge in [-0.3, -0.25) is 0 Å². The molecule has 0 radical (unpaired) electrons. The highest BCUT2D eigenvalue weighted by Crippen LogP contribution is 2.62. The summed E-state index contributed by atoms with van der Waals surface area (Å²) in [5.41, 5.74) is 0. The quantitative estimate of drug-likeness (QED) is 0.177. The minimum atomic E-state index is -0.739. The summed E-state index contributed by atoms with van der Waals surface area (Å²) in [5.74, 6) is 2.65. The van der Waals surface area contributed by atoms with E-state index >= 15 is 0 Å². The van der Waals surface area contributed by atoms with Gasteiger partial charge in [0.1, 0.15) is 0 Å². The summed E-state index contributed by atoms with van der Waals surface area (Å²) in [6.45, 7) is 17.0. The van der Waals surface area contributed by atoms with Crippen molar-refractivity contribution in [2.45, 2.75) is 113 Å². The molecule has 0 nitrogen and oxygen atoms in total. The van der Waals surface area contributed by atoms with Crippen LogP contribution < -0.4 is 0 Å². The van der Waals surface area contributed by atoms with Gasteiger partial charge in [0.25, 0.3) is 0 Å². The van der Waals surface area contributed by atoms with Crippen LogP contribution in [0.15, 0.2) is 0 Å². The second-order valence-electron chi connectivity index (χ2n) is 9.98. The van der Waals surface area contributed by atoms with Gasteiger partial charge < -0.3 is 0 Å². The van der Waals surface area contributed by atoms with Gasteiger partial charge in [0, 0.05) is 7.26 Å². The molecule has 1 heteroatoms. The van der Waals surface area contributed by atoms with Gasteiger partial charge in [0.15, 0.2) is 0 Å². The zero-order valence-corrected chi connectivity index (χ0v) is 20.0. The Hall–Kier alpha value is 0.430. The van der Waals surface area contributed by atoms with E-state index in [1.54, 1.807) is 24.6 Å². The lowest BCUT2D eigenvalue weighted by Gasteiger charge is -2.32. The molecule has 0 saturated carbocycles. The summed E-state index contributed by atoms with van der Waals surface area (Å²) < 4.78 is 0. The summed E-state index contributed by atoms with van der Waals surface area (Å²) in [6.07, 6.45) is 20.9. The highest BCUT2D eigenvalue weighted by molar-refractivity contribution is 7.75. The van der Waals surface area contributed by atoms with Crippen LogP contribution in [0.2, 0.25) is 0 Å². The lowest BCUT2D eigenvalue weighted by atomic mass is 10.1. The molecule has 0 aromatic carbocycles. The molecule has 0 spiro atoms. The van der Waals surface area contributed by atoms with Gasteiger partial charge >= 0.3 is 0 Å². The van der Waals surface area contributed by atoms with Crippen LogP contribution >= 0.6 is 7.26 Å². The Labute approximate surface area is 162 Å². The van der Waals surface area contributed by atoms with Crippen molar-refractivity contribution in [1.82, 2.24) is 0 Å². The normalized spacial score (nSPS) is 12.7. The first-order valence-electron chi connectivity index (χ1n) is 11.7. The average Bonchev–Trinajstić information content (AvgIpc) is 2.47. The SMILES string of the molecule is CCCCCCCCCCCC[P+](CC(C)C)(CC(C)C)CC(C)C. The highest BCUT2D eigenvalue weighted by Gasteiger charge is 2.38. The Bertz CT molecular complexity index is 253. The molecule has 0 aromatic rings. The topological polar surface area (TPSA) is 0 Å². The molecule has 0 amide bonds. The first kappa shape index (κ1) is 25.4. The molecule has 0 aromatic heterocycles. The van der Waals surface area contributed by atoms with E-state index in [0.29, 0.717) is 0 Å². The summed E-state index contributed by atoms with van der Waals surface area (Å²) in [6, 6.07) is 0. The van der Waals surface area contributed by atoms with Crippen LogP contribution in [0, 0.1) is 17.8 Å². The lowest BCUT2D eigenvalue weighted by molar-refractivity contribution is 0.562. The molecule has 0 heterocycles. The molecule has 0 fully saturated rings. The van der Waals surface area contributed by atoms with E-state index < -0.39 is 7.26 Å². The summed E-state index contributed by atoms with van der Waals surface area (Å²) >= 11 is 0. The van der Waals surface area contributed by atoms with Crippen molar-refractivity contribution in [2.75, 3.05) is 24.6 Å². The molecule has 0 saturated heterocycles. The Balaban J connectivity index is 4.15. The maximum Gasteiger partial charge on any atom is 0.0617 e. The van der Waals surface area contributed by atoms with Crippen LogP contribution in [-0.2, 0) is 0 Å². The van der Waals surface area contributed by atoms with Gasteiger partial charge in [-0.25, -0.2) is 0 Å². The zero-order chi connectivity index (χ0) is 19.1. The van der Waals surface area contributed by atoms with Gasteiger partial charge in [0.2, 0.25) is 0 Å². The minimum absolute atomic E-state index is 0.739. The van der Waals surface area contributed by atoms with Gasteiger partial charge in [-0.15, -0.1) is 0 Å². The van der Waals surface area contributed by atoms with Crippen molar-refractivity contribution in [3.63, 3.8) is 0 Å². The summed E-state index contributed by atoms with van der Waals surface area (Å²) in [4.78, 5) is 0. The summed E-state index contributed by atoms with van der Waals surface area (Å²) in [7, 11) is -0.739. The standard InChI is InChI=1S/C24H52P/c1-8-9-10-11-12-13-14-15-16-17-18-25(19-22(2)3,20-23(4)5)21-24(6)7/h22-24H,8-21H2,1-7H3/q+1. The smallest absolute Gasteiger partial charge is 0.0617 e. The van der Waals surface area contributed by atoms with E-state index in [9.17, 15) is 0 Å². The second-order valence-corrected chi connectivity index (χ2v) is 14.2. The van der Waals surface area contributed by atoms with Crippen molar-refractivity contribution in [3.8, 4) is 0 Å². The largest absolute Gasteiger partial charge is 0.0654 e. The third kappa shape index (κ3) is 15.2. The Morgan fingerprint density at radius 1 is 0.480 bits per heavy atom. The molecule has 0 aliphatic rings. The Morgan fingerprint density at radius 2 is 0.800 bits per heavy atom. The molecule has 0 rings (SSSR count). The van der Waals surface area contributed by atoms with E-state index in [4.69, 9.17) is 0 Å². The van der Waals surface area contributed by atoms with Crippen molar-refractivity contribution in [1.29, 1.82) is 0 Å². The molecule has 0 unspecified atom stereocenters. The van der Waals surface area contributed by atoms with Gasteiger partial charge in [-0.1, -0.05) is 99.8 Å². The third-order valence-electron chi connectivity index (χ3n) is 5.24. The molecule has 0 atom stereocenters. The first-order valence-corrected chi connectivity index (χ1v) is 14.2. The fourth-order valence-electron chi connectivity index (χ4n) is 4.76. The second kappa shape index (κ2) is 15.5. The molecule has 25 heavy (non-hydrogen) atoms. The Morgan fingerprint density at radius 3 is 1.12 bits per heavy atom. The number of hydrogen-bond donors (Lipinski definition) is 0. The average molecular weight is 372 g/mol. The fourth-order valence-corrected chi connectivity index (χ4v) is 11.3. The van der Waals surface area contributed by atoms with Crippen LogP contribution in [0.25, 0.3) is 0 Å². The van der Waals surface area contributed by atoms with E-state index in [2.05, 4.69) is 48.5 Å². The predicted octanol–water partition coefficient (Wildman–Crippen LogP) is 8.89. The van der Waals surface area contributed by atoms with Gasteiger partial charge in [-0.05, 0) is 30.6 Å². The highest BCUT2D eigenvalue weighted by atomic mass is 31.2. The predicted molar refractivity (Wildman–Crippen MR) is 123 cm³/mol. The molecule has 0 N–H and O–H groups in total. The molecule has 0 aliphatic carbocycles. The fraction of sp³-hybridized carbons (Fsp3) is 1.00. The maximum atomic E-state index is 2.45. The first-order chi connectivity index (χ1) is 11.8. The third-order valence-corrected chi connectivity index (χ3v) is 11.0. The molecule has 0 aliphatic heterocycles. The number of rotatable bonds is 17. The van der Waals surface area contributed by atoms with Crippen LogP contribution in [0.1, 0.15) is 113 Å². The maximum absolute atomic E-state index is 2.45. The van der Waals surface area contributed by atoms with Crippen LogP contribution in [0.5, 0.6) is 0 Å².